The Morgan fingerprint density at radius 2 is 1.90 bits per heavy atom. The van der Waals surface area contributed by atoms with E-state index in [1.807, 2.05) is 12.3 Å². The van der Waals surface area contributed by atoms with Crippen LogP contribution in [0.25, 0.3) is 0 Å². The third kappa shape index (κ3) is 5.08. The van der Waals surface area contributed by atoms with Gasteiger partial charge >= 0.3 is 0 Å². The molecule has 0 amide bonds. The van der Waals surface area contributed by atoms with Gasteiger partial charge in [-0.25, -0.2) is 0 Å². The lowest BCUT2D eigenvalue weighted by Gasteiger charge is -2.38. The molecule has 0 N–H and O–H groups in total. The van der Waals surface area contributed by atoms with Crippen LogP contribution in [0.5, 0.6) is 0 Å². The fourth-order valence-electron chi connectivity index (χ4n) is 3.33. The zero-order valence-electron chi connectivity index (χ0n) is 13.7. The normalized spacial score (nSPS) is 18.0. The Kier molecular flexibility index (Phi) is 6.65. The molecule has 1 heterocycles. The molecule has 0 saturated heterocycles. The molecule has 1 aliphatic carbocycles. The molecule has 1 aromatic rings. The summed E-state index contributed by atoms with van der Waals surface area (Å²) in [5, 5.41) is 0. The molecule has 3 heteroatoms. The lowest BCUT2D eigenvalue weighted by atomic mass is 9.81. The van der Waals surface area contributed by atoms with Gasteiger partial charge in [-0.05, 0) is 38.1 Å². The van der Waals surface area contributed by atoms with Gasteiger partial charge in [0, 0.05) is 24.9 Å². The second-order valence-electron chi connectivity index (χ2n) is 6.12. The second-order valence-corrected chi connectivity index (χ2v) is 6.12. The van der Waals surface area contributed by atoms with Crippen LogP contribution >= 0.6 is 0 Å². The van der Waals surface area contributed by atoms with Crippen LogP contribution in [0.3, 0.4) is 0 Å². The van der Waals surface area contributed by atoms with Crippen molar-refractivity contribution < 1.29 is 4.74 Å². The Labute approximate surface area is 129 Å². The third-order valence-corrected chi connectivity index (χ3v) is 4.70. The monoisotopic (exact) mass is 290 g/mol. The third-order valence-electron chi connectivity index (χ3n) is 4.70. The van der Waals surface area contributed by atoms with Crippen LogP contribution in [-0.4, -0.2) is 41.7 Å². The van der Waals surface area contributed by atoms with Gasteiger partial charge in [-0.3, -0.25) is 4.98 Å². The standard InChI is InChI=1S/C18H30N2O/c1-3-20(4-2)14-15-21-18(11-7-5-8-12-18)16-17-10-6-9-13-19-17/h6,9-10,13H,3-5,7-8,11-12,14-16H2,1-2H3. The Balaban J connectivity index is 1.93. The topological polar surface area (TPSA) is 25.4 Å². The van der Waals surface area contributed by atoms with Crippen LogP contribution in [-0.2, 0) is 11.2 Å². The van der Waals surface area contributed by atoms with Crippen molar-refractivity contribution in [2.24, 2.45) is 0 Å². The van der Waals surface area contributed by atoms with E-state index in [0.29, 0.717) is 0 Å². The fraction of sp³-hybridized carbons (Fsp3) is 0.722. The number of aromatic nitrogens is 1. The second kappa shape index (κ2) is 8.50. The number of nitrogens with zero attached hydrogens (tertiary/aromatic N) is 2. The highest BCUT2D eigenvalue weighted by atomic mass is 16.5. The molecular formula is C18H30N2O. The van der Waals surface area contributed by atoms with Gasteiger partial charge in [0.1, 0.15) is 0 Å². The molecule has 21 heavy (non-hydrogen) atoms. The van der Waals surface area contributed by atoms with Crippen LogP contribution in [0.2, 0.25) is 0 Å². The lowest BCUT2D eigenvalue weighted by Crippen LogP contribution is -2.40. The van der Waals surface area contributed by atoms with E-state index in [4.69, 9.17) is 4.74 Å². The van der Waals surface area contributed by atoms with E-state index in [0.717, 1.165) is 32.7 Å². The van der Waals surface area contributed by atoms with Crippen molar-refractivity contribution in [2.75, 3.05) is 26.2 Å². The van der Waals surface area contributed by atoms with Crippen molar-refractivity contribution in [3.63, 3.8) is 0 Å². The molecule has 118 valence electrons. The summed E-state index contributed by atoms with van der Waals surface area (Å²) >= 11 is 0. The summed E-state index contributed by atoms with van der Waals surface area (Å²) in [6, 6.07) is 6.19. The maximum absolute atomic E-state index is 6.43. The van der Waals surface area contributed by atoms with Crippen LogP contribution in [0, 0.1) is 0 Å². The van der Waals surface area contributed by atoms with E-state index in [1.165, 1.54) is 37.8 Å². The van der Waals surface area contributed by atoms with Crippen molar-refractivity contribution in [2.45, 2.75) is 58.0 Å². The van der Waals surface area contributed by atoms with Gasteiger partial charge in [0.25, 0.3) is 0 Å². The predicted octanol–water partition coefficient (Wildman–Crippen LogP) is 3.69. The number of likely N-dealkylation sites (N-methyl/N-ethyl adjacent to an activating group) is 1. The van der Waals surface area contributed by atoms with Gasteiger partial charge in [-0.15, -0.1) is 0 Å². The Morgan fingerprint density at radius 3 is 2.52 bits per heavy atom. The predicted molar refractivity (Wildman–Crippen MR) is 87.5 cm³/mol. The van der Waals surface area contributed by atoms with Crippen molar-refractivity contribution in [3.8, 4) is 0 Å². The summed E-state index contributed by atoms with van der Waals surface area (Å²) in [5.74, 6) is 0. The van der Waals surface area contributed by atoms with Crippen molar-refractivity contribution in [1.29, 1.82) is 0 Å². The van der Waals surface area contributed by atoms with Gasteiger partial charge in [-0.2, -0.15) is 0 Å². The lowest BCUT2D eigenvalue weighted by molar-refractivity contribution is -0.0753. The zero-order valence-corrected chi connectivity index (χ0v) is 13.7. The number of pyridine rings is 1. The van der Waals surface area contributed by atoms with E-state index in [9.17, 15) is 0 Å². The quantitative estimate of drug-likeness (QED) is 0.730. The largest absolute Gasteiger partial charge is 0.373 e. The molecule has 2 rings (SSSR count). The smallest absolute Gasteiger partial charge is 0.0738 e. The molecule has 1 aromatic heterocycles. The van der Waals surface area contributed by atoms with Crippen LogP contribution < -0.4 is 0 Å². The average molecular weight is 290 g/mol. The molecule has 0 radical (unpaired) electrons. The maximum atomic E-state index is 6.43. The van der Waals surface area contributed by atoms with Gasteiger partial charge in [0.2, 0.25) is 0 Å². The number of hydrogen-bond acceptors (Lipinski definition) is 3. The van der Waals surface area contributed by atoms with Gasteiger partial charge in [0.05, 0.1) is 12.2 Å². The molecule has 0 aromatic carbocycles. The minimum Gasteiger partial charge on any atom is -0.373 e. The Hall–Kier alpha value is -0.930. The minimum atomic E-state index is 0.0275. The van der Waals surface area contributed by atoms with Gasteiger partial charge < -0.3 is 9.64 Å². The van der Waals surface area contributed by atoms with Gasteiger partial charge in [-0.1, -0.05) is 39.2 Å². The molecule has 0 bridgehead atoms. The van der Waals surface area contributed by atoms with E-state index >= 15 is 0 Å². The SMILES string of the molecule is CCN(CC)CCOC1(Cc2ccccn2)CCCCC1. The van der Waals surface area contributed by atoms with Crippen LogP contribution in [0.4, 0.5) is 0 Å². The molecule has 1 fully saturated rings. The number of ether oxygens (including phenoxy) is 1. The van der Waals surface area contributed by atoms with Crippen LogP contribution in [0.1, 0.15) is 51.6 Å². The molecule has 0 aliphatic heterocycles. The Morgan fingerprint density at radius 1 is 1.14 bits per heavy atom. The van der Waals surface area contributed by atoms with Gasteiger partial charge in [0.15, 0.2) is 0 Å². The molecule has 0 atom stereocenters. The first-order chi connectivity index (χ1) is 10.3. The van der Waals surface area contributed by atoms with E-state index in [2.05, 4.69) is 35.9 Å². The van der Waals surface area contributed by atoms with Crippen molar-refractivity contribution in [1.82, 2.24) is 9.88 Å². The first-order valence-electron chi connectivity index (χ1n) is 8.54. The zero-order chi connectivity index (χ0) is 15.0. The molecule has 3 nitrogen and oxygen atoms in total. The minimum absolute atomic E-state index is 0.0275. The molecule has 0 unspecified atom stereocenters. The summed E-state index contributed by atoms with van der Waals surface area (Å²) in [6.07, 6.45) is 9.15. The van der Waals surface area contributed by atoms with E-state index in [-0.39, 0.29) is 5.60 Å². The average Bonchev–Trinajstić information content (AvgIpc) is 2.53. The number of rotatable bonds is 8. The summed E-state index contributed by atoms with van der Waals surface area (Å²) in [7, 11) is 0. The highest BCUT2D eigenvalue weighted by Crippen LogP contribution is 2.34. The fourth-order valence-corrected chi connectivity index (χ4v) is 3.33. The first-order valence-corrected chi connectivity index (χ1v) is 8.54. The molecular weight excluding hydrogens is 260 g/mol. The molecule has 1 saturated carbocycles. The first kappa shape index (κ1) is 16.4. The van der Waals surface area contributed by atoms with Crippen molar-refractivity contribution >= 4 is 0 Å². The van der Waals surface area contributed by atoms with Crippen molar-refractivity contribution in [3.05, 3.63) is 30.1 Å². The summed E-state index contributed by atoms with van der Waals surface area (Å²) in [4.78, 5) is 6.93. The van der Waals surface area contributed by atoms with E-state index in [1.54, 1.807) is 0 Å². The summed E-state index contributed by atoms with van der Waals surface area (Å²) < 4.78 is 6.43. The van der Waals surface area contributed by atoms with Crippen LogP contribution in [0.15, 0.2) is 24.4 Å². The molecule has 1 aliphatic rings. The maximum Gasteiger partial charge on any atom is 0.0738 e. The highest BCUT2D eigenvalue weighted by molar-refractivity contribution is 5.08. The summed E-state index contributed by atoms with van der Waals surface area (Å²) in [5.41, 5.74) is 1.20. The van der Waals surface area contributed by atoms with E-state index < -0.39 is 0 Å². The summed E-state index contributed by atoms with van der Waals surface area (Å²) in [6.45, 7) is 8.52. The molecule has 0 spiro atoms. The Bertz CT molecular complexity index is 383. The number of hydrogen-bond donors (Lipinski definition) is 0. The highest BCUT2D eigenvalue weighted by Gasteiger charge is 2.33.